The molecule has 2 N–H and O–H groups in total. The van der Waals surface area contributed by atoms with Gasteiger partial charge in [0.1, 0.15) is 22.3 Å². The third-order valence-electron chi connectivity index (χ3n) is 7.28. The summed E-state index contributed by atoms with van der Waals surface area (Å²) in [6.45, 7) is 13.8. The van der Waals surface area contributed by atoms with Crippen LogP contribution in [0, 0.1) is 34.0 Å². The molecule has 1 saturated heterocycles. The molecule has 188 valence electrons. The van der Waals surface area contributed by atoms with Crippen LogP contribution in [0.2, 0.25) is 0 Å². The molecule has 10 heteroatoms. The largest absolute Gasteiger partial charge is 0.339 e. The van der Waals surface area contributed by atoms with Crippen molar-refractivity contribution in [2.45, 2.75) is 83.6 Å². The maximum atomic E-state index is 13.8. The molecule has 0 spiro atoms. The molecular weight excluding hydrogens is 472 g/mol. The predicted octanol–water partition coefficient (Wildman–Crippen LogP) is 2.90. The number of hydrogen-bond donors (Lipinski definition) is 2. The van der Waals surface area contributed by atoms with E-state index in [9.17, 15) is 23.3 Å². The first-order chi connectivity index (χ1) is 15.7. The van der Waals surface area contributed by atoms with Crippen molar-refractivity contribution in [1.29, 1.82) is 5.26 Å². The number of carbonyl (C=O) groups excluding carboxylic acids is 2. The molecule has 0 bridgehead atoms. The summed E-state index contributed by atoms with van der Waals surface area (Å²) in [6.07, 6.45) is 1.19. The number of nitriles is 1. The van der Waals surface area contributed by atoms with Crippen LogP contribution in [0.4, 0.5) is 0 Å². The number of sulfonamides is 1. The topological polar surface area (TPSA) is 119 Å². The van der Waals surface area contributed by atoms with Gasteiger partial charge in [-0.3, -0.25) is 9.59 Å². The van der Waals surface area contributed by atoms with Crippen LogP contribution in [0.5, 0.6) is 0 Å². The molecule has 2 aliphatic rings. The van der Waals surface area contributed by atoms with Crippen molar-refractivity contribution < 1.29 is 18.0 Å². The van der Waals surface area contributed by atoms with E-state index >= 15 is 0 Å². The summed E-state index contributed by atoms with van der Waals surface area (Å²) in [6, 6.07) is 3.02. The molecule has 2 heterocycles. The Morgan fingerprint density at radius 1 is 1.29 bits per heavy atom. The van der Waals surface area contributed by atoms with Crippen LogP contribution < -0.4 is 10.0 Å². The molecule has 0 aromatic carbocycles. The fraction of sp³-hybridized carbons (Fsp3) is 0.708. The minimum atomic E-state index is -3.92. The second-order valence-corrected chi connectivity index (χ2v) is 14.1. The highest BCUT2D eigenvalue weighted by molar-refractivity contribution is 7.91. The highest BCUT2D eigenvalue weighted by Gasteiger charge is 2.69. The molecule has 8 nitrogen and oxygen atoms in total. The number of thiophene rings is 1. The summed E-state index contributed by atoms with van der Waals surface area (Å²) in [5, 5.41) is 12.1. The van der Waals surface area contributed by atoms with E-state index < -0.39 is 39.5 Å². The van der Waals surface area contributed by atoms with Gasteiger partial charge in [0, 0.05) is 11.4 Å². The molecule has 1 aromatic heterocycles. The molecular formula is C24H36N4O4S2. The normalized spacial score (nSPS) is 25.2. The number of nitrogens with one attached hydrogen (secondary N) is 2. The standard InChI is InChI=1S/C24H36N4O4S2/c1-8-14(12-25)26-21(29)19-18-16(24(18,6)7)13-28(19)22(30)20(23(3,4)5)27-34(31,32)17-11-10-15(9-2)33-17/h10-11,14,16,18-20,27H,8-9,13H2,1-7H3,(H,26,29)/t14-,16-,18-,19-,20+/m0/s1. The van der Waals surface area contributed by atoms with E-state index in [0.29, 0.717) is 13.0 Å². The average molecular weight is 509 g/mol. The minimum absolute atomic E-state index is 0.0192. The molecule has 0 radical (unpaired) electrons. The number of hydrogen-bond acceptors (Lipinski definition) is 6. The van der Waals surface area contributed by atoms with Crippen molar-refractivity contribution in [3.05, 3.63) is 17.0 Å². The Kier molecular flexibility index (Phi) is 7.25. The highest BCUT2D eigenvalue weighted by Crippen LogP contribution is 2.65. The number of carbonyl (C=O) groups is 2. The first kappa shape index (κ1) is 26.6. The van der Waals surface area contributed by atoms with Crippen LogP contribution in [0.25, 0.3) is 0 Å². The Morgan fingerprint density at radius 2 is 1.94 bits per heavy atom. The van der Waals surface area contributed by atoms with Gasteiger partial charge in [-0.25, -0.2) is 8.42 Å². The Morgan fingerprint density at radius 3 is 2.44 bits per heavy atom. The van der Waals surface area contributed by atoms with Crippen molar-refractivity contribution in [3.63, 3.8) is 0 Å². The van der Waals surface area contributed by atoms with E-state index in [1.54, 1.807) is 12.1 Å². The molecule has 3 rings (SSSR count). The van der Waals surface area contributed by atoms with Gasteiger partial charge in [0.05, 0.1) is 6.07 Å². The summed E-state index contributed by atoms with van der Waals surface area (Å²) < 4.78 is 29.1. The van der Waals surface area contributed by atoms with Gasteiger partial charge in [-0.2, -0.15) is 9.98 Å². The molecule has 0 unspecified atom stereocenters. The smallest absolute Gasteiger partial charge is 0.250 e. The Hall–Kier alpha value is -1.96. The summed E-state index contributed by atoms with van der Waals surface area (Å²) in [5.74, 6) is -0.608. The molecule has 1 aliphatic carbocycles. The summed E-state index contributed by atoms with van der Waals surface area (Å²) in [5.41, 5.74) is -0.811. The third kappa shape index (κ3) is 4.88. The van der Waals surface area contributed by atoms with Crippen molar-refractivity contribution >= 4 is 33.2 Å². The fourth-order valence-corrected chi connectivity index (χ4v) is 7.67. The van der Waals surface area contributed by atoms with Gasteiger partial charge in [-0.15, -0.1) is 11.3 Å². The second kappa shape index (κ2) is 9.25. The molecule has 34 heavy (non-hydrogen) atoms. The number of fused-ring (bicyclic) bond motifs is 1. The van der Waals surface area contributed by atoms with Crippen LogP contribution in [0.1, 0.15) is 59.8 Å². The van der Waals surface area contributed by atoms with Gasteiger partial charge in [0.15, 0.2) is 0 Å². The van der Waals surface area contributed by atoms with Crippen LogP contribution in [-0.4, -0.2) is 49.8 Å². The number of aryl methyl sites for hydroxylation is 1. The van der Waals surface area contributed by atoms with E-state index in [2.05, 4.69) is 30.0 Å². The van der Waals surface area contributed by atoms with Gasteiger partial charge < -0.3 is 10.2 Å². The average Bonchev–Trinajstić information content (AvgIpc) is 3.20. The van der Waals surface area contributed by atoms with Crippen molar-refractivity contribution in [2.24, 2.45) is 22.7 Å². The number of nitrogens with zero attached hydrogens (tertiary/aromatic N) is 2. The van der Waals surface area contributed by atoms with Crippen LogP contribution >= 0.6 is 11.3 Å². The lowest BCUT2D eigenvalue weighted by atomic mass is 9.86. The van der Waals surface area contributed by atoms with Gasteiger partial charge in [0.25, 0.3) is 10.0 Å². The maximum absolute atomic E-state index is 13.8. The van der Waals surface area contributed by atoms with E-state index in [1.807, 2.05) is 34.6 Å². The zero-order valence-electron chi connectivity index (χ0n) is 21.0. The van der Waals surface area contributed by atoms with Crippen LogP contribution in [-0.2, 0) is 26.0 Å². The SMILES string of the molecule is CCc1ccc(S(=O)(=O)N[C@H](C(=O)N2C[C@H]3[C@@H]([C@H]2C(=O)N[C@H](C#N)CC)C3(C)C)C(C)(C)C)s1. The monoisotopic (exact) mass is 508 g/mol. The van der Waals surface area contributed by atoms with Crippen molar-refractivity contribution in [2.75, 3.05) is 6.54 Å². The van der Waals surface area contributed by atoms with Crippen LogP contribution in [0.15, 0.2) is 16.3 Å². The molecule has 1 aliphatic heterocycles. The van der Waals surface area contributed by atoms with E-state index in [0.717, 1.165) is 11.3 Å². The lowest BCUT2D eigenvalue weighted by molar-refractivity contribution is -0.143. The Bertz CT molecular complexity index is 1100. The lowest BCUT2D eigenvalue weighted by Crippen LogP contribution is -2.59. The Balaban J connectivity index is 1.90. The van der Waals surface area contributed by atoms with Gasteiger partial charge in [-0.05, 0) is 47.6 Å². The predicted molar refractivity (Wildman–Crippen MR) is 131 cm³/mol. The molecule has 2 amide bonds. The van der Waals surface area contributed by atoms with E-state index in [4.69, 9.17) is 0 Å². The molecule has 1 saturated carbocycles. The first-order valence-electron chi connectivity index (χ1n) is 11.8. The number of likely N-dealkylation sites (tertiary alicyclic amines) is 1. The van der Waals surface area contributed by atoms with E-state index in [-0.39, 0.29) is 27.4 Å². The molecule has 2 fully saturated rings. The van der Waals surface area contributed by atoms with E-state index in [1.165, 1.54) is 16.2 Å². The zero-order chi connectivity index (χ0) is 25.6. The lowest BCUT2D eigenvalue weighted by Gasteiger charge is -2.37. The van der Waals surface area contributed by atoms with Crippen molar-refractivity contribution in [3.8, 4) is 6.07 Å². The summed E-state index contributed by atoms with van der Waals surface area (Å²) in [4.78, 5) is 29.5. The zero-order valence-corrected chi connectivity index (χ0v) is 22.6. The third-order valence-corrected chi connectivity index (χ3v) is 10.4. The molecule has 1 aromatic rings. The maximum Gasteiger partial charge on any atom is 0.250 e. The number of amides is 2. The summed E-state index contributed by atoms with van der Waals surface area (Å²) in [7, 11) is -3.92. The molecule has 5 atom stereocenters. The number of rotatable bonds is 8. The van der Waals surface area contributed by atoms with Crippen LogP contribution in [0.3, 0.4) is 0 Å². The fourth-order valence-electron chi connectivity index (χ4n) is 4.97. The summed E-state index contributed by atoms with van der Waals surface area (Å²) >= 11 is 1.19. The van der Waals surface area contributed by atoms with Gasteiger partial charge >= 0.3 is 0 Å². The Labute approximate surface area is 207 Å². The van der Waals surface area contributed by atoms with Gasteiger partial charge in [0.2, 0.25) is 11.8 Å². The highest BCUT2D eigenvalue weighted by atomic mass is 32.2. The second-order valence-electron chi connectivity index (χ2n) is 11.0. The quantitative estimate of drug-likeness (QED) is 0.560. The van der Waals surface area contributed by atoms with Crippen molar-refractivity contribution in [1.82, 2.24) is 14.9 Å². The minimum Gasteiger partial charge on any atom is -0.339 e. The number of piperidine rings is 1. The first-order valence-corrected chi connectivity index (χ1v) is 14.1. The van der Waals surface area contributed by atoms with Gasteiger partial charge in [-0.1, -0.05) is 48.5 Å².